The van der Waals surface area contributed by atoms with Gasteiger partial charge in [-0.1, -0.05) is 11.6 Å². The molecular formula is C21H23ClN4O. The molecular weight excluding hydrogens is 360 g/mol. The average Bonchev–Trinajstić information content (AvgIpc) is 3.33. The molecule has 0 bridgehead atoms. The summed E-state index contributed by atoms with van der Waals surface area (Å²) in [5, 5.41) is 5.82. The Bertz CT molecular complexity index is 888. The number of nitrogens with one attached hydrogen (secondary N) is 2. The Morgan fingerprint density at radius 3 is 2.67 bits per heavy atom. The van der Waals surface area contributed by atoms with Crippen LogP contribution < -0.4 is 10.7 Å². The van der Waals surface area contributed by atoms with E-state index in [1.54, 1.807) is 6.20 Å². The summed E-state index contributed by atoms with van der Waals surface area (Å²) in [6.45, 7) is 5.12. The predicted octanol–water partition coefficient (Wildman–Crippen LogP) is 3.86. The lowest BCUT2D eigenvalue weighted by molar-refractivity contribution is 0.0951. The van der Waals surface area contributed by atoms with Crippen molar-refractivity contribution in [2.45, 2.75) is 38.8 Å². The molecule has 0 unspecified atom stereocenters. The van der Waals surface area contributed by atoms with Gasteiger partial charge in [0.15, 0.2) is 0 Å². The van der Waals surface area contributed by atoms with E-state index in [4.69, 9.17) is 11.6 Å². The van der Waals surface area contributed by atoms with Crippen LogP contribution in [0.4, 0.5) is 0 Å². The quantitative estimate of drug-likeness (QED) is 0.824. The third-order valence-electron chi connectivity index (χ3n) is 4.82. The molecule has 2 N–H and O–H groups in total. The summed E-state index contributed by atoms with van der Waals surface area (Å²) in [7, 11) is 0. The highest BCUT2D eigenvalue weighted by Crippen LogP contribution is 2.27. The minimum atomic E-state index is -0.0334. The van der Waals surface area contributed by atoms with Crippen LogP contribution in [-0.2, 0) is 0 Å². The fourth-order valence-corrected chi connectivity index (χ4v) is 3.17. The second-order valence-corrected chi connectivity index (χ2v) is 7.82. The first-order valence-electron chi connectivity index (χ1n) is 9.31. The molecule has 1 saturated carbocycles. The zero-order valence-electron chi connectivity index (χ0n) is 15.5. The molecule has 140 valence electrons. The summed E-state index contributed by atoms with van der Waals surface area (Å²) in [5.41, 5.74) is 7.77. The standard InChI is InChI=1S/C21H23ClN4O/c1-13(2)26-8-7-20(25-26)15-9-14(19-6-3-17(22)12-23-19)10-16(11-15)21(27)24-18-4-5-18/h3,6-7,9-13,18,25H,4-5,8H2,1-2H3,(H,24,27). The van der Waals surface area contributed by atoms with E-state index in [0.717, 1.165) is 41.9 Å². The predicted molar refractivity (Wildman–Crippen MR) is 108 cm³/mol. The molecule has 0 atom stereocenters. The number of pyridine rings is 1. The number of carbonyl (C=O) groups is 1. The van der Waals surface area contributed by atoms with E-state index >= 15 is 0 Å². The maximum Gasteiger partial charge on any atom is 0.251 e. The Kier molecular flexibility index (Phi) is 4.89. The minimum absolute atomic E-state index is 0.0334. The van der Waals surface area contributed by atoms with Crippen LogP contribution in [0.5, 0.6) is 0 Å². The maximum atomic E-state index is 12.7. The highest BCUT2D eigenvalue weighted by molar-refractivity contribution is 6.30. The Hall–Kier alpha value is -2.37. The highest BCUT2D eigenvalue weighted by Gasteiger charge is 2.25. The lowest BCUT2D eigenvalue weighted by Gasteiger charge is -2.22. The van der Waals surface area contributed by atoms with E-state index in [2.05, 4.69) is 46.7 Å². The van der Waals surface area contributed by atoms with Gasteiger partial charge in [0.25, 0.3) is 5.91 Å². The molecule has 0 saturated heterocycles. The number of hydrazine groups is 1. The molecule has 5 nitrogen and oxygen atoms in total. The lowest BCUT2D eigenvalue weighted by Crippen LogP contribution is -2.37. The highest BCUT2D eigenvalue weighted by atomic mass is 35.5. The lowest BCUT2D eigenvalue weighted by atomic mass is 10.0. The van der Waals surface area contributed by atoms with E-state index in [1.165, 1.54) is 0 Å². The van der Waals surface area contributed by atoms with Gasteiger partial charge < -0.3 is 10.7 Å². The summed E-state index contributed by atoms with van der Waals surface area (Å²) >= 11 is 5.97. The normalized spacial score (nSPS) is 17.0. The number of benzene rings is 1. The number of halogens is 1. The monoisotopic (exact) mass is 382 g/mol. The first-order valence-corrected chi connectivity index (χ1v) is 9.69. The number of nitrogens with zero attached hydrogens (tertiary/aromatic N) is 2. The molecule has 2 heterocycles. The zero-order valence-corrected chi connectivity index (χ0v) is 16.3. The minimum Gasteiger partial charge on any atom is -0.349 e. The van der Waals surface area contributed by atoms with Crippen LogP contribution in [0.3, 0.4) is 0 Å². The number of amides is 1. The van der Waals surface area contributed by atoms with Crippen LogP contribution in [-0.4, -0.2) is 34.5 Å². The van der Waals surface area contributed by atoms with Crippen molar-refractivity contribution in [2.24, 2.45) is 0 Å². The molecule has 0 spiro atoms. The summed E-state index contributed by atoms with van der Waals surface area (Å²) < 4.78 is 0. The maximum absolute atomic E-state index is 12.7. The van der Waals surface area contributed by atoms with Crippen LogP contribution in [0.15, 0.2) is 42.6 Å². The second-order valence-electron chi connectivity index (χ2n) is 7.38. The molecule has 1 aromatic carbocycles. The van der Waals surface area contributed by atoms with Crippen LogP contribution in [0, 0.1) is 0 Å². The smallest absolute Gasteiger partial charge is 0.251 e. The van der Waals surface area contributed by atoms with Gasteiger partial charge in [-0.05, 0) is 63.1 Å². The van der Waals surface area contributed by atoms with Gasteiger partial charge in [-0.3, -0.25) is 9.78 Å². The van der Waals surface area contributed by atoms with Gasteiger partial charge in [0.1, 0.15) is 0 Å². The Morgan fingerprint density at radius 2 is 2.04 bits per heavy atom. The van der Waals surface area contributed by atoms with Crippen molar-refractivity contribution < 1.29 is 4.79 Å². The van der Waals surface area contributed by atoms with Gasteiger partial charge >= 0.3 is 0 Å². The first kappa shape index (κ1) is 18.0. The fourth-order valence-electron chi connectivity index (χ4n) is 3.06. The van der Waals surface area contributed by atoms with Gasteiger partial charge in [-0.25, -0.2) is 5.01 Å². The summed E-state index contributed by atoms with van der Waals surface area (Å²) in [6.07, 6.45) is 5.90. The molecule has 2 aromatic rings. The topological polar surface area (TPSA) is 57.3 Å². The number of rotatable bonds is 5. The van der Waals surface area contributed by atoms with E-state index < -0.39 is 0 Å². The number of hydrogen-bond donors (Lipinski definition) is 2. The second kappa shape index (κ2) is 7.33. The number of hydrogen-bond acceptors (Lipinski definition) is 4. The molecule has 1 aliphatic carbocycles. The van der Waals surface area contributed by atoms with Crippen molar-refractivity contribution in [3.05, 3.63) is 58.8 Å². The molecule has 4 rings (SSSR count). The summed E-state index contributed by atoms with van der Waals surface area (Å²) in [5.74, 6) is -0.0334. The van der Waals surface area contributed by atoms with Crippen molar-refractivity contribution in [1.29, 1.82) is 0 Å². The molecule has 1 aromatic heterocycles. The average molecular weight is 383 g/mol. The Balaban J connectivity index is 1.70. The molecule has 27 heavy (non-hydrogen) atoms. The molecule has 1 fully saturated rings. The third kappa shape index (κ3) is 4.15. The van der Waals surface area contributed by atoms with Gasteiger partial charge in [0.05, 0.1) is 16.4 Å². The fraction of sp³-hybridized carbons (Fsp3) is 0.333. The molecule has 6 heteroatoms. The van der Waals surface area contributed by atoms with Crippen molar-refractivity contribution in [3.63, 3.8) is 0 Å². The van der Waals surface area contributed by atoms with E-state index in [9.17, 15) is 4.79 Å². The SMILES string of the molecule is CC(C)N1CC=C(c2cc(C(=O)NC3CC3)cc(-c3ccc(Cl)cn3)c2)N1. The Labute approximate surface area is 164 Å². The molecule has 1 amide bonds. The van der Waals surface area contributed by atoms with Crippen molar-refractivity contribution in [2.75, 3.05) is 6.54 Å². The van der Waals surface area contributed by atoms with Crippen LogP contribution in [0.25, 0.3) is 17.0 Å². The molecule has 2 aliphatic rings. The van der Waals surface area contributed by atoms with Gasteiger partial charge in [-0.2, -0.15) is 0 Å². The summed E-state index contributed by atoms with van der Waals surface area (Å²) in [4.78, 5) is 17.1. The van der Waals surface area contributed by atoms with Gasteiger partial charge in [0, 0.05) is 41.5 Å². The summed E-state index contributed by atoms with van der Waals surface area (Å²) in [6, 6.07) is 10.3. The van der Waals surface area contributed by atoms with E-state index in [0.29, 0.717) is 22.7 Å². The van der Waals surface area contributed by atoms with E-state index in [1.807, 2.05) is 24.3 Å². The van der Waals surface area contributed by atoms with Crippen LogP contribution in [0.1, 0.15) is 42.6 Å². The van der Waals surface area contributed by atoms with E-state index in [-0.39, 0.29) is 5.91 Å². The molecule has 0 radical (unpaired) electrons. The van der Waals surface area contributed by atoms with Crippen molar-refractivity contribution in [3.8, 4) is 11.3 Å². The zero-order chi connectivity index (χ0) is 19.0. The van der Waals surface area contributed by atoms with Crippen molar-refractivity contribution >= 4 is 23.2 Å². The van der Waals surface area contributed by atoms with Gasteiger partial charge in [-0.15, -0.1) is 0 Å². The van der Waals surface area contributed by atoms with Gasteiger partial charge in [0.2, 0.25) is 0 Å². The first-order chi connectivity index (χ1) is 13.0. The molecule has 1 aliphatic heterocycles. The number of aromatic nitrogens is 1. The third-order valence-corrected chi connectivity index (χ3v) is 5.05. The Morgan fingerprint density at radius 1 is 1.26 bits per heavy atom. The van der Waals surface area contributed by atoms with Crippen LogP contribution >= 0.6 is 11.6 Å². The number of carbonyl (C=O) groups excluding carboxylic acids is 1. The van der Waals surface area contributed by atoms with Crippen molar-refractivity contribution in [1.82, 2.24) is 20.7 Å². The largest absolute Gasteiger partial charge is 0.349 e. The van der Waals surface area contributed by atoms with Crippen LogP contribution in [0.2, 0.25) is 5.02 Å².